The van der Waals surface area contributed by atoms with Crippen molar-refractivity contribution in [2.75, 3.05) is 26.0 Å². The van der Waals surface area contributed by atoms with Crippen molar-refractivity contribution in [3.05, 3.63) is 30.3 Å². The first-order chi connectivity index (χ1) is 8.06. The van der Waals surface area contributed by atoms with Gasteiger partial charge in [-0.3, -0.25) is 0 Å². The normalized spacial score (nSPS) is 13.5. The van der Waals surface area contributed by atoms with Gasteiger partial charge in [-0.25, -0.2) is 8.42 Å². The van der Waals surface area contributed by atoms with Crippen molar-refractivity contribution in [2.24, 2.45) is 0 Å². The van der Waals surface area contributed by atoms with Crippen LogP contribution in [-0.4, -0.2) is 40.5 Å². The van der Waals surface area contributed by atoms with Crippen LogP contribution in [0.1, 0.15) is 6.92 Å². The fraction of sp³-hybridized carbons (Fsp3) is 0.500. The Morgan fingerprint density at radius 1 is 1.29 bits per heavy atom. The maximum Gasteiger partial charge on any atom is 0.179 e. The maximum absolute atomic E-state index is 11.9. The Morgan fingerprint density at radius 3 is 2.53 bits per heavy atom. The zero-order valence-corrected chi connectivity index (χ0v) is 11.0. The highest BCUT2D eigenvalue weighted by molar-refractivity contribution is 7.91. The van der Waals surface area contributed by atoms with Gasteiger partial charge in [0, 0.05) is 19.7 Å². The van der Waals surface area contributed by atoms with Gasteiger partial charge >= 0.3 is 0 Å². The lowest BCUT2D eigenvalue weighted by Crippen LogP contribution is -2.34. The van der Waals surface area contributed by atoms with Gasteiger partial charge in [-0.15, -0.1) is 0 Å². The lowest BCUT2D eigenvalue weighted by molar-refractivity contribution is 0.173. The van der Waals surface area contributed by atoms with E-state index in [4.69, 9.17) is 4.74 Å². The molecule has 0 amide bonds. The van der Waals surface area contributed by atoms with Gasteiger partial charge in [0.25, 0.3) is 0 Å². The fourth-order valence-corrected chi connectivity index (χ4v) is 2.69. The van der Waals surface area contributed by atoms with E-state index in [1.54, 1.807) is 37.4 Å². The molecule has 96 valence electrons. The molecule has 1 N–H and O–H groups in total. The van der Waals surface area contributed by atoms with Crippen molar-refractivity contribution in [3.63, 3.8) is 0 Å². The quantitative estimate of drug-likeness (QED) is 0.794. The molecule has 1 atom stereocenters. The molecule has 1 aromatic rings. The van der Waals surface area contributed by atoms with Crippen molar-refractivity contribution in [1.29, 1.82) is 0 Å². The molecule has 5 heteroatoms. The Morgan fingerprint density at radius 2 is 1.94 bits per heavy atom. The van der Waals surface area contributed by atoms with E-state index in [1.807, 2.05) is 6.92 Å². The van der Waals surface area contributed by atoms with Gasteiger partial charge in [0.05, 0.1) is 17.3 Å². The van der Waals surface area contributed by atoms with E-state index < -0.39 is 9.84 Å². The summed E-state index contributed by atoms with van der Waals surface area (Å²) in [4.78, 5) is 0.376. The molecule has 0 aliphatic rings. The van der Waals surface area contributed by atoms with Crippen LogP contribution in [0.2, 0.25) is 0 Å². The molecule has 1 unspecified atom stereocenters. The summed E-state index contributed by atoms with van der Waals surface area (Å²) < 4.78 is 28.8. The first-order valence-electron chi connectivity index (χ1n) is 5.56. The average molecular weight is 257 g/mol. The summed E-state index contributed by atoms with van der Waals surface area (Å²) in [5, 5.41) is 3.11. The Balaban J connectivity index is 2.46. The zero-order chi connectivity index (χ0) is 12.7. The van der Waals surface area contributed by atoms with Crippen LogP contribution in [0.5, 0.6) is 0 Å². The van der Waals surface area contributed by atoms with E-state index in [9.17, 15) is 8.42 Å². The van der Waals surface area contributed by atoms with Crippen LogP contribution in [0.4, 0.5) is 0 Å². The highest BCUT2D eigenvalue weighted by Crippen LogP contribution is 2.09. The van der Waals surface area contributed by atoms with E-state index in [-0.39, 0.29) is 11.8 Å². The molecule has 0 fully saturated rings. The lowest BCUT2D eigenvalue weighted by atomic mass is 10.4. The van der Waals surface area contributed by atoms with Crippen LogP contribution in [0, 0.1) is 0 Å². The summed E-state index contributed by atoms with van der Waals surface area (Å²) in [6.45, 7) is 2.96. The van der Waals surface area contributed by atoms with Crippen LogP contribution in [-0.2, 0) is 14.6 Å². The third kappa shape index (κ3) is 4.85. The topological polar surface area (TPSA) is 55.4 Å². The standard InChI is InChI=1S/C12H19NO3S/c1-11(10-16-2)13-8-9-17(14,15)12-6-4-3-5-7-12/h3-7,11,13H,8-10H2,1-2H3. The number of ether oxygens (including phenoxy) is 1. The molecule has 0 aliphatic heterocycles. The molecular weight excluding hydrogens is 238 g/mol. The molecule has 0 heterocycles. The van der Waals surface area contributed by atoms with Crippen LogP contribution in [0.3, 0.4) is 0 Å². The number of methoxy groups -OCH3 is 1. The van der Waals surface area contributed by atoms with Crippen molar-refractivity contribution < 1.29 is 13.2 Å². The van der Waals surface area contributed by atoms with E-state index in [0.29, 0.717) is 18.0 Å². The summed E-state index contributed by atoms with van der Waals surface area (Å²) in [6, 6.07) is 8.66. The third-order valence-corrected chi connectivity index (χ3v) is 4.11. The molecule has 0 spiro atoms. The third-order valence-electron chi connectivity index (χ3n) is 2.38. The van der Waals surface area contributed by atoms with Crippen molar-refractivity contribution in [3.8, 4) is 0 Å². The maximum atomic E-state index is 11.9. The van der Waals surface area contributed by atoms with Crippen molar-refractivity contribution >= 4 is 9.84 Å². The number of sulfone groups is 1. The molecule has 17 heavy (non-hydrogen) atoms. The number of benzene rings is 1. The van der Waals surface area contributed by atoms with E-state index in [0.717, 1.165) is 0 Å². The molecule has 0 saturated heterocycles. The molecule has 1 rings (SSSR count). The number of hydrogen-bond donors (Lipinski definition) is 1. The summed E-state index contributed by atoms with van der Waals surface area (Å²) in [6.07, 6.45) is 0. The van der Waals surface area contributed by atoms with Crippen LogP contribution in [0.25, 0.3) is 0 Å². The van der Waals surface area contributed by atoms with E-state index in [2.05, 4.69) is 5.32 Å². The monoisotopic (exact) mass is 257 g/mol. The molecule has 0 aromatic heterocycles. The number of nitrogens with one attached hydrogen (secondary N) is 1. The number of hydrogen-bond acceptors (Lipinski definition) is 4. The summed E-state index contributed by atoms with van der Waals surface area (Å²) >= 11 is 0. The highest BCUT2D eigenvalue weighted by Gasteiger charge is 2.13. The Bertz CT molecular complexity index is 417. The van der Waals surface area contributed by atoms with Crippen molar-refractivity contribution in [1.82, 2.24) is 5.32 Å². The Labute approximate surface area is 103 Å². The Hall–Kier alpha value is -0.910. The van der Waals surface area contributed by atoms with E-state index in [1.165, 1.54) is 0 Å². The van der Waals surface area contributed by atoms with Crippen LogP contribution < -0.4 is 5.32 Å². The van der Waals surface area contributed by atoms with E-state index >= 15 is 0 Å². The minimum absolute atomic E-state index is 0.102. The average Bonchev–Trinajstić information content (AvgIpc) is 2.30. The second-order valence-corrected chi connectivity index (χ2v) is 6.05. The molecule has 0 saturated carbocycles. The predicted octanol–water partition coefficient (Wildman–Crippen LogP) is 1.08. The number of rotatable bonds is 7. The van der Waals surface area contributed by atoms with Gasteiger partial charge in [0.2, 0.25) is 0 Å². The summed E-state index contributed by atoms with van der Waals surface area (Å²) in [5.74, 6) is 0.102. The minimum atomic E-state index is -3.17. The summed E-state index contributed by atoms with van der Waals surface area (Å²) in [5.41, 5.74) is 0. The predicted molar refractivity (Wildman–Crippen MR) is 67.8 cm³/mol. The molecular formula is C12H19NO3S. The first kappa shape index (κ1) is 14.2. The highest BCUT2D eigenvalue weighted by atomic mass is 32.2. The minimum Gasteiger partial charge on any atom is -0.383 e. The first-order valence-corrected chi connectivity index (χ1v) is 7.21. The molecule has 0 bridgehead atoms. The molecule has 1 aromatic carbocycles. The van der Waals surface area contributed by atoms with Crippen LogP contribution >= 0.6 is 0 Å². The fourth-order valence-electron chi connectivity index (χ4n) is 1.49. The van der Waals surface area contributed by atoms with Crippen LogP contribution in [0.15, 0.2) is 35.2 Å². The van der Waals surface area contributed by atoms with Gasteiger partial charge in [-0.2, -0.15) is 0 Å². The largest absolute Gasteiger partial charge is 0.383 e. The second-order valence-electron chi connectivity index (χ2n) is 3.94. The zero-order valence-electron chi connectivity index (χ0n) is 10.2. The van der Waals surface area contributed by atoms with Gasteiger partial charge in [0.15, 0.2) is 9.84 Å². The Kier molecular flexibility index (Phi) is 5.61. The van der Waals surface area contributed by atoms with Crippen molar-refractivity contribution in [2.45, 2.75) is 17.9 Å². The smallest absolute Gasteiger partial charge is 0.179 e. The SMILES string of the molecule is COCC(C)NCCS(=O)(=O)c1ccccc1. The van der Waals surface area contributed by atoms with Gasteiger partial charge < -0.3 is 10.1 Å². The summed E-state index contributed by atoms with van der Waals surface area (Å²) in [7, 11) is -1.55. The lowest BCUT2D eigenvalue weighted by Gasteiger charge is -2.12. The van der Waals surface area contributed by atoms with Gasteiger partial charge in [-0.05, 0) is 19.1 Å². The molecule has 0 radical (unpaired) electrons. The van der Waals surface area contributed by atoms with Gasteiger partial charge in [0.1, 0.15) is 0 Å². The molecule has 0 aliphatic carbocycles. The molecule has 4 nitrogen and oxygen atoms in total. The second kappa shape index (κ2) is 6.74. The van der Waals surface area contributed by atoms with Gasteiger partial charge in [-0.1, -0.05) is 18.2 Å².